The lowest BCUT2D eigenvalue weighted by Gasteiger charge is -2.60. The summed E-state index contributed by atoms with van der Waals surface area (Å²) in [7, 11) is 0. The van der Waals surface area contributed by atoms with E-state index in [1.165, 1.54) is 109 Å². The summed E-state index contributed by atoms with van der Waals surface area (Å²) in [5.41, 5.74) is 2.34. The van der Waals surface area contributed by atoms with Gasteiger partial charge in [0.2, 0.25) is 0 Å². The Balaban J connectivity index is 0.000000291. The molecule has 8 unspecified atom stereocenters. The second-order valence-corrected chi connectivity index (χ2v) is 13.2. The number of nitrogens with one attached hydrogen (secondary N) is 1. The molecule has 0 spiro atoms. The molecule has 34 heavy (non-hydrogen) atoms. The van der Waals surface area contributed by atoms with Crippen LogP contribution >= 0.6 is 0 Å². The van der Waals surface area contributed by atoms with Crippen LogP contribution in [0.4, 0.5) is 0 Å². The Morgan fingerprint density at radius 3 is 2.47 bits per heavy atom. The zero-order valence-corrected chi connectivity index (χ0v) is 22.9. The van der Waals surface area contributed by atoms with Gasteiger partial charge < -0.3 is 10.1 Å². The van der Waals surface area contributed by atoms with Crippen molar-refractivity contribution >= 4 is 12.0 Å². The number of carbonyl (C=O) groups excluding carboxylic acids is 1. The fourth-order valence-electron chi connectivity index (χ4n) is 9.79. The van der Waals surface area contributed by atoms with E-state index in [-0.39, 0.29) is 1.43 Å². The molecule has 0 amide bonds. The van der Waals surface area contributed by atoms with E-state index >= 15 is 0 Å². The molecule has 8 atom stereocenters. The molecular formula is C31H56N2O. The molecule has 1 aliphatic heterocycles. The fourth-order valence-corrected chi connectivity index (χ4v) is 9.79. The molecule has 0 aromatic heterocycles. The van der Waals surface area contributed by atoms with E-state index in [0.29, 0.717) is 23.3 Å². The maximum absolute atomic E-state index is 10.7. The van der Waals surface area contributed by atoms with Crippen molar-refractivity contribution in [2.75, 3.05) is 13.1 Å². The number of carbonyl (C=O) groups is 1. The first kappa shape index (κ1) is 26.4. The zero-order valence-electron chi connectivity index (χ0n) is 22.9. The third-order valence-corrected chi connectivity index (χ3v) is 11.6. The van der Waals surface area contributed by atoms with Crippen molar-refractivity contribution < 1.29 is 6.22 Å². The summed E-state index contributed by atoms with van der Waals surface area (Å²) in [6.07, 6.45) is 22.4. The lowest BCUT2D eigenvalue weighted by atomic mass is 9.45. The van der Waals surface area contributed by atoms with Crippen LogP contribution in [0.3, 0.4) is 0 Å². The molecule has 4 aliphatic carbocycles. The van der Waals surface area contributed by atoms with E-state index in [4.69, 9.17) is 0 Å². The molecule has 0 bridgehead atoms. The highest BCUT2D eigenvalue weighted by molar-refractivity contribution is 5.86. The third-order valence-electron chi connectivity index (χ3n) is 11.6. The van der Waals surface area contributed by atoms with Crippen molar-refractivity contribution in [3.8, 4) is 0 Å². The highest BCUT2D eigenvalue weighted by Crippen LogP contribution is 2.67. The van der Waals surface area contributed by atoms with Crippen molar-refractivity contribution in [3.63, 3.8) is 0 Å². The number of aldehydes is 1. The van der Waals surface area contributed by atoms with E-state index in [9.17, 15) is 4.79 Å². The summed E-state index contributed by atoms with van der Waals surface area (Å²) < 4.78 is 0. The van der Waals surface area contributed by atoms with E-state index in [1.807, 2.05) is 0 Å². The Labute approximate surface area is 212 Å². The van der Waals surface area contributed by atoms with E-state index < -0.39 is 0 Å². The normalized spacial score (nSPS) is 44.2. The Hall–Kier alpha value is -0.700. The molecule has 0 aromatic rings. The highest BCUT2D eigenvalue weighted by Gasteiger charge is 2.59. The highest BCUT2D eigenvalue weighted by atomic mass is 16.1. The molecule has 5 aliphatic rings. The van der Waals surface area contributed by atoms with Crippen molar-refractivity contribution in [1.29, 1.82) is 0 Å². The molecule has 0 radical (unpaired) electrons. The van der Waals surface area contributed by atoms with Crippen LogP contribution in [0.5, 0.6) is 0 Å². The maximum Gasteiger partial charge on any atom is 0.141 e. The Morgan fingerprint density at radius 1 is 0.941 bits per heavy atom. The van der Waals surface area contributed by atoms with E-state index in [1.54, 1.807) is 0 Å². The third kappa shape index (κ3) is 5.21. The van der Waals surface area contributed by atoms with Crippen LogP contribution < -0.4 is 5.32 Å². The molecule has 3 heteroatoms. The van der Waals surface area contributed by atoms with Crippen LogP contribution in [-0.2, 0) is 4.79 Å². The first-order chi connectivity index (χ1) is 16.4. The summed E-state index contributed by atoms with van der Waals surface area (Å²) in [4.78, 5) is 15.3. The molecule has 4 saturated carbocycles. The van der Waals surface area contributed by atoms with Gasteiger partial charge in [0.25, 0.3) is 0 Å². The van der Waals surface area contributed by atoms with Gasteiger partial charge in [0, 0.05) is 19.1 Å². The summed E-state index contributed by atoms with van der Waals surface area (Å²) >= 11 is 0. The van der Waals surface area contributed by atoms with Gasteiger partial charge >= 0.3 is 0 Å². The molecule has 5 rings (SSSR count). The zero-order chi connectivity index (χ0) is 24.2. The van der Waals surface area contributed by atoms with Crippen LogP contribution in [0, 0.1) is 40.4 Å². The number of hydrogen-bond acceptors (Lipinski definition) is 3. The van der Waals surface area contributed by atoms with E-state index in [0.717, 1.165) is 36.0 Å². The van der Waals surface area contributed by atoms with Crippen LogP contribution in [0.1, 0.15) is 125 Å². The van der Waals surface area contributed by atoms with Crippen LogP contribution in [0.15, 0.2) is 4.99 Å². The Kier molecular flexibility index (Phi) is 8.97. The number of piperidine rings is 1. The minimum absolute atomic E-state index is 0. The Bertz CT molecular complexity index is 701. The molecule has 1 heterocycles. The number of rotatable bonds is 5. The number of nitrogens with zero attached hydrogens (tertiary/aromatic N) is 1. The van der Waals surface area contributed by atoms with Gasteiger partial charge in [-0.25, -0.2) is 0 Å². The Morgan fingerprint density at radius 2 is 1.74 bits per heavy atom. The van der Waals surface area contributed by atoms with Gasteiger partial charge in [0.15, 0.2) is 0 Å². The topological polar surface area (TPSA) is 41.5 Å². The predicted octanol–water partition coefficient (Wildman–Crippen LogP) is 7.87. The van der Waals surface area contributed by atoms with Crippen LogP contribution in [0.2, 0.25) is 0 Å². The van der Waals surface area contributed by atoms with Crippen molar-refractivity contribution in [2.24, 2.45) is 45.4 Å². The lowest BCUT2D eigenvalue weighted by Crippen LogP contribution is -2.53. The first-order valence-electron chi connectivity index (χ1n) is 15.1. The monoisotopic (exact) mass is 472 g/mol. The van der Waals surface area contributed by atoms with Gasteiger partial charge in [-0.05, 0) is 119 Å². The minimum atomic E-state index is 0. The van der Waals surface area contributed by atoms with Gasteiger partial charge in [0.05, 0.1) is 6.54 Å². The second-order valence-electron chi connectivity index (χ2n) is 13.2. The average Bonchev–Trinajstić information content (AvgIpc) is 3.21. The van der Waals surface area contributed by atoms with Gasteiger partial charge in [-0.15, -0.1) is 0 Å². The summed E-state index contributed by atoms with van der Waals surface area (Å²) in [6, 6.07) is 0.851. The molecule has 1 saturated heterocycles. The maximum atomic E-state index is 10.7. The molecule has 1 N–H and O–H groups in total. The average molecular weight is 473 g/mol. The fraction of sp³-hybridized carbons (Fsp3) is 0.935. The minimum Gasteiger partial charge on any atom is -0.314 e. The summed E-state index contributed by atoms with van der Waals surface area (Å²) in [5, 5.41) is 3.52. The molecule has 5 fully saturated rings. The van der Waals surface area contributed by atoms with Crippen molar-refractivity contribution in [1.82, 2.24) is 5.32 Å². The number of aliphatic imine (C=N–C) groups is 1. The number of fused-ring (bicyclic) bond motifs is 5. The standard InChI is InChI=1S/C23H37NO.C8H17N.H2/c1-16(24-14-15-25)19-9-10-20-18-8-7-17-6-4-5-12-22(17,2)21(18)11-13-23(19,20)3;1-2-5-8-6-3-4-7-9-8;/h15,17-21H,4-14H2,1-3H3;8-9H,2-7H2,1H3;1H. The molecule has 3 nitrogen and oxygen atoms in total. The summed E-state index contributed by atoms with van der Waals surface area (Å²) in [6.45, 7) is 11.3. The predicted molar refractivity (Wildman–Crippen MR) is 147 cm³/mol. The van der Waals surface area contributed by atoms with E-state index in [2.05, 4.69) is 38.0 Å². The second kappa shape index (κ2) is 11.6. The summed E-state index contributed by atoms with van der Waals surface area (Å²) in [5.74, 6) is 4.48. The SMILES string of the molecule is CC(=NCC=O)C1CCC2C3CCC4CCCCC4(C)C3CCC12C.CCCC1CCCCN1.[HH]. The molecule has 0 aromatic carbocycles. The van der Waals surface area contributed by atoms with Gasteiger partial charge in [-0.3, -0.25) is 4.99 Å². The largest absolute Gasteiger partial charge is 0.314 e. The van der Waals surface area contributed by atoms with Gasteiger partial charge in [-0.2, -0.15) is 0 Å². The quantitative estimate of drug-likeness (QED) is 0.327. The lowest BCUT2D eigenvalue weighted by molar-refractivity contribution is -0.107. The first-order valence-corrected chi connectivity index (χ1v) is 15.1. The van der Waals surface area contributed by atoms with Crippen molar-refractivity contribution in [3.05, 3.63) is 0 Å². The van der Waals surface area contributed by atoms with Crippen LogP contribution in [-0.4, -0.2) is 31.1 Å². The smallest absolute Gasteiger partial charge is 0.141 e. The number of hydrogen-bond donors (Lipinski definition) is 1. The van der Waals surface area contributed by atoms with Crippen LogP contribution in [0.25, 0.3) is 0 Å². The van der Waals surface area contributed by atoms with Gasteiger partial charge in [-0.1, -0.05) is 46.5 Å². The molecular weight excluding hydrogens is 416 g/mol. The van der Waals surface area contributed by atoms with Crippen molar-refractivity contribution in [2.45, 2.75) is 130 Å². The molecule has 196 valence electrons. The van der Waals surface area contributed by atoms with Gasteiger partial charge in [0.1, 0.15) is 6.29 Å².